The largest absolute Gasteiger partial charge is 0.573 e. The van der Waals surface area contributed by atoms with Crippen molar-refractivity contribution in [2.45, 2.75) is 64.1 Å². The van der Waals surface area contributed by atoms with E-state index < -0.39 is 23.7 Å². The van der Waals surface area contributed by atoms with Gasteiger partial charge in [-0.3, -0.25) is 0 Å². The van der Waals surface area contributed by atoms with E-state index in [1.807, 2.05) is 12.1 Å². The molecule has 1 saturated carbocycles. The zero-order valence-corrected chi connectivity index (χ0v) is 19.5. The van der Waals surface area contributed by atoms with E-state index in [1.54, 1.807) is 12.1 Å². The van der Waals surface area contributed by atoms with Crippen LogP contribution in [0.5, 0.6) is 5.75 Å². The van der Waals surface area contributed by atoms with E-state index in [2.05, 4.69) is 29.6 Å². The van der Waals surface area contributed by atoms with Crippen LogP contribution in [0.3, 0.4) is 0 Å². The molecule has 184 valence electrons. The fourth-order valence-electron chi connectivity index (χ4n) is 4.86. The first-order valence-electron chi connectivity index (χ1n) is 12.0. The Morgan fingerprint density at radius 1 is 0.914 bits per heavy atom. The Morgan fingerprint density at radius 2 is 1.69 bits per heavy atom. The lowest BCUT2D eigenvalue weighted by atomic mass is 9.77. The van der Waals surface area contributed by atoms with Crippen LogP contribution in [-0.2, 0) is 0 Å². The van der Waals surface area contributed by atoms with Crippen LogP contribution >= 0.6 is 0 Å². The number of hydrogen-bond acceptors (Lipinski definition) is 1. The van der Waals surface area contributed by atoms with Crippen molar-refractivity contribution in [2.24, 2.45) is 5.92 Å². The van der Waals surface area contributed by atoms with Crippen LogP contribution in [0.2, 0.25) is 0 Å². The van der Waals surface area contributed by atoms with Gasteiger partial charge in [0.25, 0.3) is 0 Å². The average Bonchev–Trinajstić information content (AvgIpc) is 2.83. The second-order valence-electron chi connectivity index (χ2n) is 9.21. The Balaban J connectivity index is 1.49. The van der Waals surface area contributed by atoms with Gasteiger partial charge in [-0.2, -0.15) is 0 Å². The van der Waals surface area contributed by atoms with Crippen molar-refractivity contribution in [3.05, 3.63) is 76.9 Å². The average molecular weight is 487 g/mol. The second kappa shape index (κ2) is 10.7. The van der Waals surface area contributed by atoms with Crippen LogP contribution in [0, 0.1) is 29.4 Å². The molecule has 0 radical (unpaired) electrons. The second-order valence-corrected chi connectivity index (χ2v) is 9.21. The first-order valence-corrected chi connectivity index (χ1v) is 12.0. The highest BCUT2D eigenvalue weighted by atomic mass is 19.4. The quantitative estimate of drug-likeness (QED) is 0.258. The predicted octanol–water partition coefficient (Wildman–Crippen LogP) is 8.88. The van der Waals surface area contributed by atoms with Gasteiger partial charge in [-0.05, 0) is 72.7 Å². The number of fused-ring (bicyclic) bond motifs is 1. The standard InChI is InChI=1S/C29H27F5O/c1-2-3-4-19-5-9-21(10-6-19)23-14-15-25-24(18-23)13-12-22(28(25)31)11-7-20-8-16-27(26(30)17-20)35-29(32,33)34/h8,12-19,21H,2-6,9-10H2,1H3. The van der Waals surface area contributed by atoms with Crippen LogP contribution in [0.25, 0.3) is 10.8 Å². The Bertz CT molecular complexity index is 1240. The molecule has 1 fully saturated rings. The fraction of sp³-hybridized carbons (Fsp3) is 0.379. The molecule has 1 aliphatic carbocycles. The van der Waals surface area contributed by atoms with E-state index in [0.717, 1.165) is 36.3 Å². The minimum Gasteiger partial charge on any atom is -0.403 e. The summed E-state index contributed by atoms with van der Waals surface area (Å²) >= 11 is 0. The third-order valence-electron chi connectivity index (χ3n) is 6.76. The lowest BCUT2D eigenvalue weighted by molar-refractivity contribution is -0.275. The lowest BCUT2D eigenvalue weighted by Gasteiger charge is -2.29. The molecule has 0 N–H and O–H groups in total. The van der Waals surface area contributed by atoms with Gasteiger partial charge in [0.1, 0.15) is 5.82 Å². The van der Waals surface area contributed by atoms with Gasteiger partial charge in [0.2, 0.25) is 0 Å². The van der Waals surface area contributed by atoms with E-state index in [-0.39, 0.29) is 11.1 Å². The highest BCUT2D eigenvalue weighted by molar-refractivity contribution is 5.85. The molecule has 0 amide bonds. The summed E-state index contributed by atoms with van der Waals surface area (Å²) in [7, 11) is 0. The highest BCUT2D eigenvalue weighted by Crippen LogP contribution is 2.38. The van der Waals surface area contributed by atoms with Crippen LogP contribution < -0.4 is 4.74 Å². The summed E-state index contributed by atoms with van der Waals surface area (Å²) in [5.41, 5.74) is 1.49. The molecule has 0 heterocycles. The van der Waals surface area contributed by atoms with Crippen LogP contribution in [0.15, 0.2) is 48.5 Å². The molecule has 0 unspecified atom stereocenters. The number of hydrogen-bond donors (Lipinski definition) is 0. The van der Waals surface area contributed by atoms with E-state index in [4.69, 9.17) is 0 Å². The molecule has 0 spiro atoms. The molecule has 0 saturated heterocycles. The van der Waals surface area contributed by atoms with Crippen LogP contribution in [0.4, 0.5) is 22.0 Å². The first kappa shape index (κ1) is 25.0. The van der Waals surface area contributed by atoms with Gasteiger partial charge in [-0.15, -0.1) is 13.2 Å². The molecule has 1 nitrogen and oxygen atoms in total. The van der Waals surface area contributed by atoms with Crippen LogP contribution in [-0.4, -0.2) is 6.36 Å². The van der Waals surface area contributed by atoms with Gasteiger partial charge in [0, 0.05) is 10.9 Å². The molecule has 0 aliphatic heterocycles. The summed E-state index contributed by atoms with van der Waals surface area (Å²) in [6.07, 6.45) is 3.67. The molecule has 0 aromatic heterocycles. The predicted molar refractivity (Wildman–Crippen MR) is 127 cm³/mol. The molecule has 0 atom stereocenters. The monoisotopic (exact) mass is 486 g/mol. The maximum Gasteiger partial charge on any atom is 0.573 e. The SMILES string of the molecule is CCCCC1CCC(c2ccc3c(F)c(C#Cc4ccc(OC(F)(F)F)c(F)c4)ccc3c2)CC1. The van der Waals surface area contributed by atoms with Crippen molar-refractivity contribution in [3.8, 4) is 17.6 Å². The maximum absolute atomic E-state index is 15.1. The highest BCUT2D eigenvalue weighted by Gasteiger charge is 2.32. The Labute approximate surface area is 202 Å². The van der Waals surface area contributed by atoms with E-state index in [1.165, 1.54) is 43.7 Å². The summed E-state index contributed by atoms with van der Waals surface area (Å²) in [5.74, 6) is 3.99. The summed E-state index contributed by atoms with van der Waals surface area (Å²) in [5, 5.41) is 1.26. The molecule has 35 heavy (non-hydrogen) atoms. The van der Waals surface area contributed by atoms with Gasteiger partial charge in [-0.25, -0.2) is 8.78 Å². The summed E-state index contributed by atoms with van der Waals surface area (Å²) in [6, 6.07) is 12.1. The summed E-state index contributed by atoms with van der Waals surface area (Å²) in [4.78, 5) is 0. The van der Waals surface area contributed by atoms with E-state index >= 15 is 4.39 Å². The number of ether oxygens (including phenoxy) is 1. The van der Waals surface area contributed by atoms with Gasteiger partial charge in [0.05, 0.1) is 5.56 Å². The number of alkyl halides is 3. The van der Waals surface area contributed by atoms with Crippen LogP contribution in [0.1, 0.15) is 74.5 Å². The fourth-order valence-corrected chi connectivity index (χ4v) is 4.86. The van der Waals surface area contributed by atoms with Crippen molar-refractivity contribution in [1.82, 2.24) is 0 Å². The van der Waals surface area contributed by atoms with Crippen molar-refractivity contribution in [3.63, 3.8) is 0 Å². The Kier molecular flexibility index (Phi) is 7.64. The van der Waals surface area contributed by atoms with Crippen molar-refractivity contribution >= 4 is 10.8 Å². The Morgan fingerprint density at radius 3 is 2.37 bits per heavy atom. The molecule has 0 bridgehead atoms. The summed E-state index contributed by atoms with van der Waals surface area (Å²) < 4.78 is 69.5. The molecular formula is C29H27F5O. The molecule has 1 aliphatic rings. The summed E-state index contributed by atoms with van der Waals surface area (Å²) in [6.45, 7) is 2.23. The number of rotatable bonds is 5. The van der Waals surface area contributed by atoms with Gasteiger partial charge in [-0.1, -0.05) is 62.3 Å². The molecule has 3 aromatic rings. The van der Waals surface area contributed by atoms with Crippen molar-refractivity contribution in [2.75, 3.05) is 0 Å². The Hall–Kier alpha value is -3.07. The minimum absolute atomic E-state index is 0.112. The smallest absolute Gasteiger partial charge is 0.403 e. The zero-order chi connectivity index (χ0) is 25.0. The van der Waals surface area contributed by atoms with Gasteiger partial charge in [0.15, 0.2) is 11.6 Å². The third kappa shape index (κ3) is 6.33. The first-order chi connectivity index (χ1) is 16.7. The normalized spacial score (nSPS) is 18.2. The number of halogens is 5. The van der Waals surface area contributed by atoms with Gasteiger partial charge >= 0.3 is 6.36 Å². The van der Waals surface area contributed by atoms with Crippen molar-refractivity contribution < 1.29 is 26.7 Å². The minimum atomic E-state index is -4.99. The maximum atomic E-state index is 15.1. The molecule has 4 rings (SSSR count). The topological polar surface area (TPSA) is 9.23 Å². The zero-order valence-electron chi connectivity index (χ0n) is 19.5. The molecule has 3 aromatic carbocycles. The lowest BCUT2D eigenvalue weighted by Crippen LogP contribution is -2.17. The molecular weight excluding hydrogens is 459 g/mol. The molecule has 6 heteroatoms. The third-order valence-corrected chi connectivity index (χ3v) is 6.76. The van der Waals surface area contributed by atoms with E-state index in [9.17, 15) is 17.6 Å². The van der Waals surface area contributed by atoms with E-state index in [0.29, 0.717) is 11.3 Å². The van der Waals surface area contributed by atoms with Gasteiger partial charge < -0.3 is 4.74 Å². The number of unbranched alkanes of at least 4 members (excludes halogenated alkanes) is 1. The van der Waals surface area contributed by atoms with Crippen molar-refractivity contribution in [1.29, 1.82) is 0 Å². The number of benzene rings is 3.